The Labute approximate surface area is 122 Å². The van der Waals surface area contributed by atoms with E-state index < -0.39 is 10.0 Å². The number of aromatic nitrogens is 1. The van der Waals surface area contributed by atoms with Crippen molar-refractivity contribution in [1.82, 2.24) is 9.29 Å². The number of hydrogen-bond donors (Lipinski definition) is 1. The van der Waals surface area contributed by atoms with Gasteiger partial charge in [-0.1, -0.05) is 27.2 Å². The molecule has 20 heavy (non-hydrogen) atoms. The minimum absolute atomic E-state index is 0.254. The second kappa shape index (κ2) is 7.59. The first kappa shape index (κ1) is 16.9. The molecule has 6 heteroatoms. The van der Waals surface area contributed by atoms with Crippen LogP contribution in [0.3, 0.4) is 0 Å². The molecule has 0 aliphatic carbocycles. The van der Waals surface area contributed by atoms with E-state index in [2.05, 4.69) is 24.1 Å². The molecule has 5 nitrogen and oxygen atoms in total. The molecule has 0 aromatic carbocycles. The fourth-order valence-corrected chi connectivity index (χ4v) is 3.36. The van der Waals surface area contributed by atoms with E-state index in [1.54, 1.807) is 12.1 Å². The highest BCUT2D eigenvalue weighted by molar-refractivity contribution is 7.89. The lowest BCUT2D eigenvalue weighted by atomic mass is 10.1. The Morgan fingerprint density at radius 1 is 1.30 bits per heavy atom. The summed E-state index contributed by atoms with van der Waals surface area (Å²) in [7, 11) is -3.44. The Hall–Kier alpha value is -1.14. The Morgan fingerprint density at radius 3 is 2.45 bits per heavy atom. The quantitative estimate of drug-likeness (QED) is 0.801. The molecule has 1 unspecified atom stereocenters. The highest BCUT2D eigenvalue weighted by Crippen LogP contribution is 2.18. The summed E-state index contributed by atoms with van der Waals surface area (Å²) in [5.41, 5.74) is 0. The van der Waals surface area contributed by atoms with Crippen molar-refractivity contribution in [3.8, 4) is 0 Å². The maximum absolute atomic E-state index is 12.5. The van der Waals surface area contributed by atoms with Gasteiger partial charge in [0.25, 0.3) is 0 Å². The second-order valence-electron chi connectivity index (χ2n) is 4.88. The topological polar surface area (TPSA) is 62.3 Å². The predicted molar refractivity (Wildman–Crippen MR) is 82.3 cm³/mol. The van der Waals surface area contributed by atoms with Gasteiger partial charge in [-0.15, -0.1) is 0 Å². The van der Waals surface area contributed by atoms with Gasteiger partial charge >= 0.3 is 0 Å². The summed E-state index contributed by atoms with van der Waals surface area (Å²) in [6.07, 6.45) is 2.39. The normalized spacial score (nSPS) is 13.4. The van der Waals surface area contributed by atoms with Crippen LogP contribution in [-0.2, 0) is 10.0 Å². The van der Waals surface area contributed by atoms with Crippen LogP contribution in [0.1, 0.15) is 34.1 Å². The van der Waals surface area contributed by atoms with Gasteiger partial charge in [-0.25, -0.2) is 13.4 Å². The van der Waals surface area contributed by atoms with E-state index in [0.29, 0.717) is 24.8 Å². The first-order valence-corrected chi connectivity index (χ1v) is 8.59. The van der Waals surface area contributed by atoms with E-state index in [1.807, 2.05) is 13.8 Å². The van der Waals surface area contributed by atoms with Crippen molar-refractivity contribution in [3.05, 3.63) is 18.3 Å². The average Bonchev–Trinajstić information content (AvgIpc) is 2.45. The number of anilines is 1. The van der Waals surface area contributed by atoms with Gasteiger partial charge in [0, 0.05) is 25.8 Å². The molecule has 0 aliphatic heterocycles. The number of rotatable bonds is 8. The van der Waals surface area contributed by atoms with Crippen LogP contribution >= 0.6 is 0 Å². The van der Waals surface area contributed by atoms with Crippen molar-refractivity contribution in [1.29, 1.82) is 0 Å². The lowest BCUT2D eigenvalue weighted by molar-refractivity contribution is 0.361. The van der Waals surface area contributed by atoms with Gasteiger partial charge < -0.3 is 5.32 Å². The number of nitrogens with one attached hydrogen (secondary N) is 1. The van der Waals surface area contributed by atoms with Crippen molar-refractivity contribution >= 4 is 15.8 Å². The molecule has 114 valence electrons. The Morgan fingerprint density at radius 2 is 2.00 bits per heavy atom. The Balaban J connectivity index is 2.95. The van der Waals surface area contributed by atoms with Gasteiger partial charge in [-0.3, -0.25) is 0 Å². The predicted octanol–water partition coefficient (Wildman–Crippen LogP) is 2.57. The number of sulfonamides is 1. The molecular formula is C14H25N3O2S. The van der Waals surface area contributed by atoms with Crippen molar-refractivity contribution in [2.24, 2.45) is 5.92 Å². The molecule has 0 saturated carbocycles. The van der Waals surface area contributed by atoms with Gasteiger partial charge in [0.2, 0.25) is 10.0 Å². The summed E-state index contributed by atoms with van der Waals surface area (Å²) >= 11 is 0. The average molecular weight is 299 g/mol. The largest absolute Gasteiger partial charge is 0.370 e. The standard InChI is InChI=1S/C14H25N3O2S/c1-5-12(4)11-17(7-3)20(18,19)13-8-9-14(15-6-2)16-10-13/h8-10,12H,5-7,11H2,1-4H3,(H,15,16). The molecule has 1 rings (SSSR count). The number of pyridine rings is 1. The third kappa shape index (κ3) is 4.18. The summed E-state index contributed by atoms with van der Waals surface area (Å²) in [5, 5.41) is 3.05. The van der Waals surface area contributed by atoms with E-state index in [0.717, 1.165) is 13.0 Å². The zero-order chi connectivity index (χ0) is 15.2. The van der Waals surface area contributed by atoms with E-state index in [9.17, 15) is 8.42 Å². The SMILES string of the molecule is CCNc1ccc(S(=O)(=O)N(CC)CC(C)CC)cn1. The minimum Gasteiger partial charge on any atom is -0.370 e. The summed E-state index contributed by atoms with van der Waals surface area (Å²) in [6, 6.07) is 3.31. The molecule has 0 aliphatic rings. The van der Waals surface area contributed by atoms with Crippen LogP contribution in [0.2, 0.25) is 0 Å². The third-order valence-corrected chi connectivity index (χ3v) is 5.22. The van der Waals surface area contributed by atoms with Gasteiger partial charge in [0.1, 0.15) is 10.7 Å². The molecule has 0 spiro atoms. The number of hydrogen-bond acceptors (Lipinski definition) is 4. The molecule has 0 amide bonds. The van der Waals surface area contributed by atoms with Gasteiger partial charge in [0.05, 0.1) is 0 Å². The summed E-state index contributed by atoms with van der Waals surface area (Å²) in [4.78, 5) is 4.39. The highest BCUT2D eigenvalue weighted by Gasteiger charge is 2.24. The zero-order valence-corrected chi connectivity index (χ0v) is 13.6. The fraction of sp³-hybridized carbons (Fsp3) is 0.643. The van der Waals surface area contributed by atoms with Crippen molar-refractivity contribution in [2.75, 3.05) is 25.0 Å². The second-order valence-corrected chi connectivity index (χ2v) is 6.82. The van der Waals surface area contributed by atoms with Crippen LogP contribution in [0.25, 0.3) is 0 Å². The van der Waals surface area contributed by atoms with Crippen LogP contribution in [0.4, 0.5) is 5.82 Å². The van der Waals surface area contributed by atoms with Crippen molar-refractivity contribution in [3.63, 3.8) is 0 Å². The van der Waals surface area contributed by atoms with Gasteiger partial charge in [-0.2, -0.15) is 4.31 Å². The van der Waals surface area contributed by atoms with Crippen LogP contribution in [-0.4, -0.2) is 37.3 Å². The molecule has 0 fully saturated rings. The zero-order valence-electron chi connectivity index (χ0n) is 12.8. The van der Waals surface area contributed by atoms with Crippen LogP contribution in [0, 0.1) is 5.92 Å². The number of nitrogens with zero attached hydrogens (tertiary/aromatic N) is 2. The monoisotopic (exact) mass is 299 g/mol. The molecule has 0 radical (unpaired) electrons. The first-order valence-electron chi connectivity index (χ1n) is 7.15. The molecular weight excluding hydrogens is 274 g/mol. The maximum atomic E-state index is 12.5. The van der Waals surface area contributed by atoms with Gasteiger partial charge in [-0.05, 0) is 25.0 Å². The first-order chi connectivity index (χ1) is 9.45. The lowest BCUT2D eigenvalue weighted by Crippen LogP contribution is -2.34. The molecule has 1 atom stereocenters. The van der Waals surface area contributed by atoms with Crippen molar-refractivity contribution < 1.29 is 8.42 Å². The summed E-state index contributed by atoms with van der Waals surface area (Å²) in [5.74, 6) is 1.04. The molecule has 0 bridgehead atoms. The summed E-state index contributed by atoms with van der Waals surface area (Å²) < 4.78 is 26.6. The Kier molecular flexibility index (Phi) is 6.42. The minimum atomic E-state index is -3.44. The van der Waals surface area contributed by atoms with E-state index >= 15 is 0 Å². The summed E-state index contributed by atoms with van der Waals surface area (Å²) in [6.45, 7) is 9.74. The van der Waals surface area contributed by atoms with Crippen LogP contribution in [0.5, 0.6) is 0 Å². The van der Waals surface area contributed by atoms with E-state index in [4.69, 9.17) is 0 Å². The molecule has 1 aromatic rings. The molecule has 0 saturated heterocycles. The van der Waals surface area contributed by atoms with Crippen LogP contribution < -0.4 is 5.32 Å². The maximum Gasteiger partial charge on any atom is 0.244 e. The highest BCUT2D eigenvalue weighted by atomic mass is 32.2. The van der Waals surface area contributed by atoms with Crippen LogP contribution in [0.15, 0.2) is 23.2 Å². The van der Waals surface area contributed by atoms with Crippen molar-refractivity contribution in [2.45, 2.75) is 39.0 Å². The van der Waals surface area contributed by atoms with E-state index in [1.165, 1.54) is 10.5 Å². The third-order valence-electron chi connectivity index (χ3n) is 3.30. The molecule has 1 N–H and O–H groups in total. The lowest BCUT2D eigenvalue weighted by Gasteiger charge is -2.23. The smallest absolute Gasteiger partial charge is 0.244 e. The van der Waals surface area contributed by atoms with Gasteiger partial charge in [0.15, 0.2) is 0 Å². The molecule has 1 aromatic heterocycles. The molecule has 1 heterocycles. The van der Waals surface area contributed by atoms with E-state index in [-0.39, 0.29) is 4.90 Å². The Bertz CT molecular complexity index is 500. The fourth-order valence-electron chi connectivity index (χ4n) is 1.84.